The summed E-state index contributed by atoms with van der Waals surface area (Å²) >= 11 is 0. The van der Waals surface area contributed by atoms with E-state index in [0.29, 0.717) is 24.5 Å². The number of rotatable bonds is 3. The highest BCUT2D eigenvalue weighted by atomic mass is 16.5. The van der Waals surface area contributed by atoms with Crippen LogP contribution in [0.3, 0.4) is 0 Å². The third kappa shape index (κ3) is 2.45. The van der Waals surface area contributed by atoms with Crippen LogP contribution < -0.4 is 14.5 Å². The zero-order valence-corrected chi connectivity index (χ0v) is 12.6. The van der Waals surface area contributed by atoms with Crippen LogP contribution in [0.2, 0.25) is 0 Å². The van der Waals surface area contributed by atoms with Crippen molar-refractivity contribution in [1.29, 1.82) is 0 Å². The van der Waals surface area contributed by atoms with Gasteiger partial charge in [-0.25, -0.2) is 0 Å². The van der Waals surface area contributed by atoms with Crippen LogP contribution in [0.25, 0.3) is 0 Å². The van der Waals surface area contributed by atoms with Crippen LogP contribution in [0.15, 0.2) is 36.4 Å². The van der Waals surface area contributed by atoms with E-state index in [2.05, 4.69) is 4.90 Å². The molecule has 22 heavy (non-hydrogen) atoms. The fourth-order valence-electron chi connectivity index (χ4n) is 2.62. The quantitative estimate of drug-likeness (QED) is 0.883. The Balaban J connectivity index is 2.04. The highest BCUT2D eigenvalue weighted by Gasteiger charge is 2.21. The lowest BCUT2D eigenvalue weighted by atomic mass is 10.1. The number of hydrogen-bond acceptors (Lipinski definition) is 5. The molecule has 0 saturated carbocycles. The monoisotopic (exact) mass is 298 g/mol. The third-order valence-corrected chi connectivity index (χ3v) is 3.74. The molecule has 0 aromatic heterocycles. The fourth-order valence-corrected chi connectivity index (χ4v) is 2.62. The molecule has 1 heterocycles. The fraction of sp³-hybridized carbons (Fsp3) is 0.235. The van der Waals surface area contributed by atoms with Crippen LogP contribution in [0.4, 0.5) is 17.1 Å². The third-order valence-electron chi connectivity index (χ3n) is 3.74. The Morgan fingerprint density at radius 2 is 2.05 bits per heavy atom. The number of ether oxygens (including phenoxy) is 1. The van der Waals surface area contributed by atoms with Crippen molar-refractivity contribution in [2.45, 2.75) is 0 Å². The molecule has 0 fully saturated rings. The molecule has 0 aliphatic carbocycles. The largest absolute Gasteiger partial charge is 0.506 e. The molecular formula is C17H18N2O3. The lowest BCUT2D eigenvalue weighted by molar-refractivity contribution is 0.112. The molecule has 2 aromatic carbocycles. The number of benzene rings is 2. The van der Waals surface area contributed by atoms with Gasteiger partial charge in [-0.05, 0) is 36.4 Å². The molecule has 5 nitrogen and oxygen atoms in total. The summed E-state index contributed by atoms with van der Waals surface area (Å²) in [7, 11) is 3.78. The molecule has 1 aliphatic rings. The summed E-state index contributed by atoms with van der Waals surface area (Å²) in [6.45, 7) is 1.26. The highest BCUT2D eigenvalue weighted by Crippen LogP contribution is 2.39. The molecule has 1 N–H and O–H groups in total. The Morgan fingerprint density at radius 3 is 2.77 bits per heavy atom. The molecule has 114 valence electrons. The van der Waals surface area contributed by atoms with E-state index in [0.717, 1.165) is 23.3 Å². The van der Waals surface area contributed by atoms with Crippen molar-refractivity contribution in [3.63, 3.8) is 0 Å². The zero-order valence-electron chi connectivity index (χ0n) is 12.6. The van der Waals surface area contributed by atoms with Crippen molar-refractivity contribution in [2.75, 3.05) is 37.0 Å². The van der Waals surface area contributed by atoms with Crippen LogP contribution in [0.5, 0.6) is 11.5 Å². The summed E-state index contributed by atoms with van der Waals surface area (Å²) in [6, 6.07) is 10.9. The zero-order chi connectivity index (χ0) is 15.7. The Bertz CT molecular complexity index is 713. The number of phenolic OH excluding ortho intramolecular Hbond substituents is 1. The second kappa shape index (κ2) is 5.60. The van der Waals surface area contributed by atoms with Gasteiger partial charge in [-0.15, -0.1) is 0 Å². The van der Waals surface area contributed by atoms with Gasteiger partial charge in [-0.1, -0.05) is 0 Å². The molecule has 1 aliphatic heterocycles. The molecule has 0 bridgehead atoms. The molecule has 0 saturated heterocycles. The van der Waals surface area contributed by atoms with Crippen LogP contribution in [-0.2, 0) is 0 Å². The van der Waals surface area contributed by atoms with E-state index in [9.17, 15) is 9.90 Å². The number of carbonyl (C=O) groups is 1. The Morgan fingerprint density at radius 1 is 1.23 bits per heavy atom. The van der Waals surface area contributed by atoms with Crippen molar-refractivity contribution in [1.82, 2.24) is 0 Å². The maximum atomic E-state index is 10.9. The van der Waals surface area contributed by atoms with Crippen molar-refractivity contribution < 1.29 is 14.6 Å². The number of anilines is 3. The first-order valence-electron chi connectivity index (χ1n) is 7.10. The van der Waals surface area contributed by atoms with Gasteiger partial charge in [0.05, 0.1) is 17.9 Å². The minimum atomic E-state index is 0.249. The van der Waals surface area contributed by atoms with Gasteiger partial charge in [0.1, 0.15) is 24.4 Å². The van der Waals surface area contributed by atoms with Crippen LogP contribution in [0, 0.1) is 0 Å². The SMILES string of the molecule is CN(C)c1cc(N2CCOc3cc(C=O)ccc32)ccc1O. The molecule has 0 radical (unpaired) electrons. The van der Waals surface area contributed by atoms with E-state index in [1.807, 2.05) is 37.2 Å². The van der Waals surface area contributed by atoms with E-state index < -0.39 is 0 Å². The molecule has 2 aromatic rings. The standard InChI is InChI=1S/C17H18N2O3/c1-18(2)15-10-13(4-6-16(15)21)19-7-8-22-17-9-12(11-20)3-5-14(17)19/h3-6,9-11,21H,7-8H2,1-2H3. The summed E-state index contributed by atoms with van der Waals surface area (Å²) < 4.78 is 5.66. The van der Waals surface area contributed by atoms with Crippen molar-refractivity contribution >= 4 is 23.3 Å². The van der Waals surface area contributed by atoms with Crippen LogP contribution >= 0.6 is 0 Å². The number of nitrogens with zero attached hydrogens (tertiary/aromatic N) is 2. The number of fused-ring (bicyclic) bond motifs is 1. The average Bonchev–Trinajstić information content (AvgIpc) is 2.54. The Hall–Kier alpha value is -2.69. The topological polar surface area (TPSA) is 53.0 Å². The van der Waals surface area contributed by atoms with E-state index in [-0.39, 0.29) is 5.75 Å². The summed E-state index contributed by atoms with van der Waals surface area (Å²) in [5.74, 6) is 0.953. The summed E-state index contributed by atoms with van der Waals surface area (Å²) in [6.07, 6.45) is 0.813. The van der Waals surface area contributed by atoms with Gasteiger partial charge in [0.2, 0.25) is 0 Å². The molecule has 0 unspecified atom stereocenters. The molecule has 0 spiro atoms. The first kappa shape index (κ1) is 14.3. The molecule has 0 atom stereocenters. The summed E-state index contributed by atoms with van der Waals surface area (Å²) in [4.78, 5) is 14.9. The predicted octanol–water partition coefficient (Wildman–Crippen LogP) is 2.80. The number of hydrogen-bond donors (Lipinski definition) is 1. The second-order valence-corrected chi connectivity index (χ2v) is 5.41. The number of carbonyl (C=O) groups excluding carboxylic acids is 1. The van der Waals surface area contributed by atoms with Gasteiger partial charge in [-0.3, -0.25) is 4.79 Å². The van der Waals surface area contributed by atoms with Gasteiger partial charge >= 0.3 is 0 Å². The smallest absolute Gasteiger partial charge is 0.150 e. The molecule has 5 heteroatoms. The van der Waals surface area contributed by atoms with Gasteiger partial charge in [-0.2, -0.15) is 0 Å². The van der Waals surface area contributed by atoms with E-state index in [1.54, 1.807) is 18.2 Å². The average molecular weight is 298 g/mol. The molecule has 0 amide bonds. The first-order chi connectivity index (χ1) is 10.6. The first-order valence-corrected chi connectivity index (χ1v) is 7.10. The van der Waals surface area contributed by atoms with Crippen molar-refractivity contribution in [3.8, 4) is 11.5 Å². The minimum absolute atomic E-state index is 0.249. The number of aromatic hydroxyl groups is 1. The van der Waals surface area contributed by atoms with Gasteiger partial charge in [0, 0.05) is 25.3 Å². The number of aldehydes is 1. The van der Waals surface area contributed by atoms with Crippen molar-refractivity contribution in [3.05, 3.63) is 42.0 Å². The van der Waals surface area contributed by atoms with E-state index in [4.69, 9.17) is 4.74 Å². The maximum absolute atomic E-state index is 10.9. The summed E-state index contributed by atoms with van der Waals surface area (Å²) in [5.41, 5.74) is 3.26. The molecular weight excluding hydrogens is 280 g/mol. The lowest BCUT2D eigenvalue weighted by Crippen LogP contribution is -2.28. The lowest BCUT2D eigenvalue weighted by Gasteiger charge is -2.32. The van der Waals surface area contributed by atoms with Crippen molar-refractivity contribution in [2.24, 2.45) is 0 Å². The Labute approximate surface area is 129 Å². The van der Waals surface area contributed by atoms with Crippen LogP contribution in [-0.4, -0.2) is 38.6 Å². The van der Waals surface area contributed by atoms with Gasteiger partial charge < -0.3 is 19.6 Å². The minimum Gasteiger partial charge on any atom is -0.506 e. The van der Waals surface area contributed by atoms with Crippen LogP contribution in [0.1, 0.15) is 10.4 Å². The molecule has 3 rings (SSSR count). The van der Waals surface area contributed by atoms with E-state index >= 15 is 0 Å². The van der Waals surface area contributed by atoms with E-state index in [1.165, 1.54) is 0 Å². The van der Waals surface area contributed by atoms with Gasteiger partial charge in [0.25, 0.3) is 0 Å². The number of phenols is 1. The predicted molar refractivity (Wildman–Crippen MR) is 86.8 cm³/mol. The normalized spacial score (nSPS) is 13.3. The highest BCUT2D eigenvalue weighted by molar-refractivity contribution is 5.81. The van der Waals surface area contributed by atoms with Gasteiger partial charge in [0.15, 0.2) is 0 Å². The summed E-state index contributed by atoms with van der Waals surface area (Å²) in [5, 5.41) is 9.94. The Kier molecular flexibility index (Phi) is 3.63. The maximum Gasteiger partial charge on any atom is 0.150 e. The second-order valence-electron chi connectivity index (χ2n) is 5.41.